The van der Waals surface area contributed by atoms with Gasteiger partial charge in [-0.25, -0.2) is 15.0 Å². The predicted molar refractivity (Wildman–Crippen MR) is 155 cm³/mol. The Hall–Kier alpha value is -4.68. The Morgan fingerprint density at radius 1 is 1.14 bits per heavy atom. The van der Waals surface area contributed by atoms with Crippen LogP contribution in [-0.2, 0) is 22.3 Å². The summed E-state index contributed by atoms with van der Waals surface area (Å²) >= 11 is 0. The number of carbonyl (C=O) groups is 3. The van der Waals surface area contributed by atoms with Gasteiger partial charge in [-0.3, -0.25) is 19.4 Å². The Morgan fingerprint density at radius 2 is 1.84 bits per heavy atom. The average Bonchev–Trinajstić information content (AvgIpc) is 3.30. The fraction of sp³-hybridized carbons (Fsp3) is 0.387. The van der Waals surface area contributed by atoms with Gasteiger partial charge in [-0.2, -0.15) is 13.2 Å². The zero-order valence-electron chi connectivity index (χ0n) is 25.7. The smallest absolute Gasteiger partial charge is 0.336 e. The number of likely N-dealkylation sites (tertiary alicyclic amines) is 1. The molecule has 2 amide bonds. The van der Waals surface area contributed by atoms with Crippen LogP contribution in [0.15, 0.2) is 36.8 Å². The predicted octanol–water partition coefficient (Wildman–Crippen LogP) is 5.05. The van der Waals surface area contributed by atoms with Gasteiger partial charge in [-0.05, 0) is 63.6 Å². The number of hydrogen-bond acceptors (Lipinski definition) is 7. The number of ketones is 1. The van der Waals surface area contributed by atoms with Crippen molar-refractivity contribution >= 4 is 34.3 Å². The van der Waals surface area contributed by atoms with E-state index in [1.54, 1.807) is 43.1 Å². The molecule has 228 valence electrons. The van der Waals surface area contributed by atoms with Crippen molar-refractivity contribution in [1.29, 1.82) is 0 Å². The first-order valence-electron chi connectivity index (χ1n) is 14.6. The molecule has 5 heterocycles. The number of piperidine rings is 1. The molecule has 44 heavy (non-hydrogen) atoms. The lowest BCUT2D eigenvalue weighted by Gasteiger charge is -2.27. The van der Waals surface area contributed by atoms with Gasteiger partial charge in [-0.1, -0.05) is 13.0 Å². The Balaban J connectivity index is 1.31. The first-order valence-corrected chi connectivity index (χ1v) is 14.1. The van der Waals surface area contributed by atoms with E-state index in [1.165, 1.54) is 18.7 Å². The van der Waals surface area contributed by atoms with Gasteiger partial charge in [0, 0.05) is 41.1 Å². The summed E-state index contributed by atoms with van der Waals surface area (Å²) in [6, 6.07) is 0.827. The van der Waals surface area contributed by atoms with Crippen LogP contribution in [0.1, 0.15) is 61.2 Å². The standard InChI is InChI=1S/C31H30F3N7O3/c1-15-6-7-24(31(32,33)34)38-28(15)39-29(44)23-9-30(5)10-25(30)41(23)26(43)14-40-13-21(17(3)42)20-8-22(37-16(2)27(20)40)19-11-35-18(4)36-12-19/h6-8,11-13,23,25H,9-10,14H2,1-5H3,(H,38,39,44)/t23-,25+,30-/m0/s1/i7D. The fourth-order valence-electron chi connectivity index (χ4n) is 6.14. The van der Waals surface area contributed by atoms with Gasteiger partial charge in [0.2, 0.25) is 11.8 Å². The number of aryl methyl sites for hydroxylation is 3. The molecule has 0 radical (unpaired) electrons. The number of nitrogens with zero attached hydrogens (tertiary/aromatic N) is 6. The first kappa shape index (κ1) is 28.1. The van der Waals surface area contributed by atoms with Gasteiger partial charge in [-0.15, -0.1) is 0 Å². The number of amides is 2. The van der Waals surface area contributed by atoms with Crippen molar-refractivity contribution in [3.05, 3.63) is 65.1 Å². The summed E-state index contributed by atoms with van der Waals surface area (Å²) < 4.78 is 49.5. The second kappa shape index (κ2) is 10.2. The molecule has 13 heteroatoms. The maximum absolute atomic E-state index is 13.9. The molecule has 1 aliphatic carbocycles. The van der Waals surface area contributed by atoms with E-state index in [0.717, 1.165) is 6.07 Å². The molecular formula is C31H30F3N7O3. The summed E-state index contributed by atoms with van der Waals surface area (Å²) in [5.41, 5.74) is 1.33. The van der Waals surface area contributed by atoms with E-state index < -0.39 is 29.9 Å². The van der Waals surface area contributed by atoms with Crippen LogP contribution in [0.2, 0.25) is 0 Å². The van der Waals surface area contributed by atoms with Gasteiger partial charge in [0.15, 0.2) is 5.78 Å². The molecular weight excluding hydrogens is 575 g/mol. The Morgan fingerprint density at radius 3 is 2.50 bits per heavy atom. The van der Waals surface area contributed by atoms with Crippen LogP contribution in [0.25, 0.3) is 22.2 Å². The molecule has 0 unspecified atom stereocenters. The number of halogens is 3. The maximum Gasteiger partial charge on any atom is 0.433 e. The fourth-order valence-corrected chi connectivity index (χ4v) is 6.14. The van der Waals surface area contributed by atoms with Crippen molar-refractivity contribution in [3.8, 4) is 11.3 Å². The minimum Gasteiger partial charge on any atom is -0.336 e. The molecule has 3 atom stereocenters. The van der Waals surface area contributed by atoms with E-state index in [-0.39, 0.29) is 41.1 Å². The molecule has 1 aliphatic heterocycles. The Kier molecular flexibility index (Phi) is 6.52. The number of aromatic nitrogens is 5. The molecule has 0 bridgehead atoms. The topological polar surface area (TPSA) is 123 Å². The second-order valence-corrected chi connectivity index (χ2v) is 11.9. The van der Waals surface area contributed by atoms with Crippen LogP contribution in [0.5, 0.6) is 0 Å². The third kappa shape index (κ3) is 5.09. The van der Waals surface area contributed by atoms with Gasteiger partial charge < -0.3 is 14.8 Å². The summed E-state index contributed by atoms with van der Waals surface area (Å²) in [5.74, 6) is -0.917. The molecule has 4 aromatic heterocycles. The number of rotatable bonds is 6. The number of hydrogen-bond donors (Lipinski definition) is 1. The van der Waals surface area contributed by atoms with Crippen LogP contribution < -0.4 is 5.32 Å². The highest BCUT2D eigenvalue weighted by molar-refractivity contribution is 6.08. The van der Waals surface area contributed by atoms with Crippen molar-refractivity contribution in [2.75, 3.05) is 5.32 Å². The molecule has 1 N–H and O–H groups in total. The van der Waals surface area contributed by atoms with E-state index in [9.17, 15) is 27.6 Å². The quantitative estimate of drug-likeness (QED) is 0.305. The molecule has 0 aromatic carbocycles. The van der Waals surface area contributed by atoms with E-state index in [0.29, 0.717) is 52.1 Å². The Bertz CT molecular complexity index is 1910. The number of alkyl halides is 3. The summed E-state index contributed by atoms with van der Waals surface area (Å²) in [7, 11) is 0. The maximum atomic E-state index is 13.9. The summed E-state index contributed by atoms with van der Waals surface area (Å²) in [6.45, 7) is 8.23. The minimum atomic E-state index is -4.87. The van der Waals surface area contributed by atoms with E-state index in [1.807, 2.05) is 6.92 Å². The van der Waals surface area contributed by atoms with Crippen molar-refractivity contribution in [2.24, 2.45) is 5.41 Å². The van der Waals surface area contributed by atoms with Crippen LogP contribution in [0.3, 0.4) is 0 Å². The number of carbonyl (C=O) groups excluding carboxylic acids is 3. The zero-order valence-corrected chi connectivity index (χ0v) is 24.7. The molecule has 4 aromatic rings. The Labute approximate surface area is 252 Å². The third-order valence-electron chi connectivity index (χ3n) is 8.55. The normalized spacial score (nSPS) is 21.3. The lowest BCUT2D eigenvalue weighted by atomic mass is 10.0. The van der Waals surface area contributed by atoms with Crippen LogP contribution in [-0.4, -0.2) is 59.1 Å². The molecule has 0 spiro atoms. The summed E-state index contributed by atoms with van der Waals surface area (Å²) in [6.07, 6.45) is 1.08. The number of anilines is 1. The average molecular weight is 607 g/mol. The number of fused-ring (bicyclic) bond motifs is 2. The monoisotopic (exact) mass is 606 g/mol. The van der Waals surface area contributed by atoms with Crippen molar-refractivity contribution < 1.29 is 28.9 Å². The zero-order chi connectivity index (χ0) is 32.6. The molecule has 1 saturated carbocycles. The van der Waals surface area contributed by atoms with E-state index >= 15 is 0 Å². The molecule has 1 saturated heterocycles. The lowest BCUT2D eigenvalue weighted by Crippen LogP contribution is -2.46. The summed E-state index contributed by atoms with van der Waals surface area (Å²) in [5, 5.41) is 3.10. The van der Waals surface area contributed by atoms with Crippen LogP contribution in [0.4, 0.5) is 19.0 Å². The highest BCUT2D eigenvalue weighted by atomic mass is 19.4. The largest absolute Gasteiger partial charge is 0.433 e. The highest BCUT2D eigenvalue weighted by Gasteiger charge is 2.64. The van der Waals surface area contributed by atoms with Crippen LogP contribution in [0, 0.1) is 26.2 Å². The molecule has 10 nitrogen and oxygen atoms in total. The van der Waals surface area contributed by atoms with Crippen molar-refractivity contribution in [3.63, 3.8) is 0 Å². The van der Waals surface area contributed by atoms with Crippen molar-refractivity contribution in [2.45, 2.75) is 72.3 Å². The van der Waals surface area contributed by atoms with Crippen LogP contribution >= 0.6 is 0 Å². The summed E-state index contributed by atoms with van der Waals surface area (Å²) in [4.78, 5) is 58.3. The SMILES string of the molecule is [2H]c1cc(C)c(NC(=O)[C@@H]2C[C@@]3(C)C[C@H]3N2C(=O)Cn2cc(C(C)=O)c3cc(-c4cnc(C)nc4)nc(C)c32)nc1C(F)(F)F. The highest BCUT2D eigenvalue weighted by Crippen LogP contribution is 2.59. The van der Waals surface area contributed by atoms with Gasteiger partial charge in [0.25, 0.3) is 0 Å². The number of nitrogens with one attached hydrogen (secondary N) is 1. The molecule has 2 fully saturated rings. The number of pyridine rings is 2. The van der Waals surface area contributed by atoms with E-state index in [4.69, 9.17) is 6.35 Å². The van der Waals surface area contributed by atoms with Gasteiger partial charge >= 0.3 is 6.18 Å². The lowest BCUT2D eigenvalue weighted by molar-refractivity contribution is -0.141. The molecule has 2 aliphatic rings. The minimum absolute atomic E-state index is 0.182. The second-order valence-electron chi connectivity index (χ2n) is 11.9. The third-order valence-corrected chi connectivity index (χ3v) is 8.55. The first-order chi connectivity index (χ1) is 21.1. The number of Topliss-reactive ketones (excluding diaryl/α,β-unsaturated/α-hetero) is 1. The van der Waals surface area contributed by atoms with Gasteiger partial charge in [0.05, 0.1) is 18.3 Å². The van der Waals surface area contributed by atoms with E-state index in [2.05, 4.69) is 20.3 Å². The van der Waals surface area contributed by atoms with Crippen molar-refractivity contribution in [1.82, 2.24) is 29.4 Å². The van der Waals surface area contributed by atoms with Gasteiger partial charge in [0.1, 0.15) is 29.9 Å². The molecule has 6 rings (SSSR count).